The molecule has 2 heterocycles. The molecule has 0 bridgehead atoms. The molecule has 1 aromatic heterocycles. The Morgan fingerprint density at radius 2 is 1.85 bits per heavy atom. The SMILES string of the molecule is Cc1cccc(-n2nc(C)c(N3CCNCC3)c2C)c1. The largest absolute Gasteiger partial charge is 0.366 e. The summed E-state index contributed by atoms with van der Waals surface area (Å²) in [7, 11) is 0. The minimum atomic E-state index is 1.05. The molecule has 3 rings (SSSR count). The van der Waals surface area contributed by atoms with Gasteiger partial charge in [-0.15, -0.1) is 0 Å². The van der Waals surface area contributed by atoms with Crippen LogP contribution in [0.5, 0.6) is 0 Å². The van der Waals surface area contributed by atoms with E-state index in [1.807, 2.05) is 0 Å². The summed E-state index contributed by atoms with van der Waals surface area (Å²) >= 11 is 0. The van der Waals surface area contributed by atoms with E-state index in [9.17, 15) is 0 Å². The molecular formula is C16H22N4. The fourth-order valence-electron chi connectivity index (χ4n) is 2.99. The molecule has 1 aromatic carbocycles. The summed E-state index contributed by atoms with van der Waals surface area (Å²) in [5.41, 5.74) is 6.06. The smallest absolute Gasteiger partial charge is 0.0834 e. The van der Waals surface area contributed by atoms with Crippen molar-refractivity contribution in [2.45, 2.75) is 20.8 Å². The zero-order chi connectivity index (χ0) is 14.1. The van der Waals surface area contributed by atoms with Crippen LogP contribution in [0.2, 0.25) is 0 Å². The van der Waals surface area contributed by atoms with Gasteiger partial charge in [-0.3, -0.25) is 0 Å². The van der Waals surface area contributed by atoms with Crippen LogP contribution in [0.4, 0.5) is 5.69 Å². The molecule has 106 valence electrons. The molecule has 1 N–H and O–H groups in total. The van der Waals surface area contributed by atoms with Gasteiger partial charge in [0.25, 0.3) is 0 Å². The molecule has 20 heavy (non-hydrogen) atoms. The van der Waals surface area contributed by atoms with Crippen molar-refractivity contribution in [1.29, 1.82) is 0 Å². The fourth-order valence-corrected chi connectivity index (χ4v) is 2.99. The summed E-state index contributed by atoms with van der Waals surface area (Å²) < 4.78 is 2.07. The molecule has 0 aliphatic carbocycles. The maximum absolute atomic E-state index is 4.75. The number of hydrogen-bond donors (Lipinski definition) is 1. The first-order valence-electron chi connectivity index (χ1n) is 7.26. The maximum Gasteiger partial charge on any atom is 0.0834 e. The third kappa shape index (κ3) is 2.31. The Morgan fingerprint density at radius 1 is 1.10 bits per heavy atom. The number of anilines is 1. The van der Waals surface area contributed by atoms with Crippen LogP contribution in [-0.4, -0.2) is 36.0 Å². The molecule has 0 unspecified atom stereocenters. The highest BCUT2D eigenvalue weighted by Crippen LogP contribution is 2.27. The number of nitrogens with one attached hydrogen (secondary N) is 1. The first kappa shape index (κ1) is 13.2. The Morgan fingerprint density at radius 3 is 2.55 bits per heavy atom. The van der Waals surface area contributed by atoms with Crippen molar-refractivity contribution in [3.05, 3.63) is 41.2 Å². The molecule has 1 aliphatic rings. The van der Waals surface area contributed by atoms with Crippen molar-refractivity contribution < 1.29 is 0 Å². The quantitative estimate of drug-likeness (QED) is 0.908. The molecule has 4 nitrogen and oxygen atoms in total. The molecule has 1 aliphatic heterocycles. The van der Waals surface area contributed by atoms with E-state index in [0.717, 1.165) is 37.6 Å². The van der Waals surface area contributed by atoms with Crippen molar-refractivity contribution in [2.75, 3.05) is 31.1 Å². The monoisotopic (exact) mass is 270 g/mol. The van der Waals surface area contributed by atoms with Crippen molar-refractivity contribution in [3.8, 4) is 5.69 Å². The third-order valence-corrected chi connectivity index (χ3v) is 3.93. The number of aryl methyl sites for hydroxylation is 2. The van der Waals surface area contributed by atoms with Crippen LogP contribution in [-0.2, 0) is 0 Å². The van der Waals surface area contributed by atoms with Crippen LogP contribution in [0.1, 0.15) is 17.0 Å². The summed E-state index contributed by atoms with van der Waals surface area (Å²) in [6.07, 6.45) is 0. The first-order valence-corrected chi connectivity index (χ1v) is 7.26. The molecule has 4 heteroatoms. The number of nitrogens with zero attached hydrogens (tertiary/aromatic N) is 3. The van der Waals surface area contributed by atoms with Gasteiger partial charge < -0.3 is 10.2 Å². The second kappa shape index (κ2) is 5.29. The predicted octanol–water partition coefficient (Wildman–Crippen LogP) is 2.21. The molecule has 2 aromatic rings. The fraction of sp³-hybridized carbons (Fsp3) is 0.438. The van der Waals surface area contributed by atoms with E-state index in [1.165, 1.54) is 16.9 Å². The lowest BCUT2D eigenvalue weighted by Crippen LogP contribution is -2.43. The number of benzene rings is 1. The van der Waals surface area contributed by atoms with Gasteiger partial charge in [-0.05, 0) is 38.5 Å². The number of hydrogen-bond acceptors (Lipinski definition) is 3. The first-order chi connectivity index (χ1) is 9.66. The van der Waals surface area contributed by atoms with E-state index < -0.39 is 0 Å². The van der Waals surface area contributed by atoms with Gasteiger partial charge in [0.15, 0.2) is 0 Å². The topological polar surface area (TPSA) is 33.1 Å². The zero-order valence-corrected chi connectivity index (χ0v) is 12.5. The number of aromatic nitrogens is 2. The van der Waals surface area contributed by atoms with E-state index in [1.54, 1.807) is 0 Å². The molecule has 0 amide bonds. The lowest BCUT2D eigenvalue weighted by atomic mass is 10.2. The van der Waals surface area contributed by atoms with Gasteiger partial charge in [-0.2, -0.15) is 5.10 Å². The zero-order valence-electron chi connectivity index (χ0n) is 12.5. The van der Waals surface area contributed by atoms with Gasteiger partial charge in [-0.25, -0.2) is 4.68 Å². The number of rotatable bonds is 2. The second-order valence-corrected chi connectivity index (χ2v) is 5.51. The van der Waals surface area contributed by atoms with E-state index in [0.29, 0.717) is 0 Å². The summed E-state index contributed by atoms with van der Waals surface area (Å²) in [6.45, 7) is 10.6. The van der Waals surface area contributed by atoms with Crippen LogP contribution in [0.25, 0.3) is 5.69 Å². The van der Waals surface area contributed by atoms with Gasteiger partial charge in [-0.1, -0.05) is 12.1 Å². The minimum Gasteiger partial charge on any atom is -0.366 e. The van der Waals surface area contributed by atoms with Crippen LogP contribution in [0.15, 0.2) is 24.3 Å². The predicted molar refractivity (Wildman–Crippen MR) is 82.9 cm³/mol. The summed E-state index contributed by atoms with van der Waals surface area (Å²) in [5, 5.41) is 8.15. The third-order valence-electron chi connectivity index (χ3n) is 3.93. The van der Waals surface area contributed by atoms with Crippen molar-refractivity contribution >= 4 is 5.69 Å². The Bertz CT molecular complexity index is 609. The lowest BCUT2D eigenvalue weighted by Gasteiger charge is -2.29. The van der Waals surface area contributed by atoms with Crippen LogP contribution in [0, 0.1) is 20.8 Å². The summed E-state index contributed by atoms with van der Waals surface area (Å²) in [5.74, 6) is 0. The van der Waals surface area contributed by atoms with Crippen LogP contribution < -0.4 is 10.2 Å². The standard InChI is InChI=1S/C16H22N4/c1-12-5-4-6-15(11-12)20-14(3)16(13(2)18-20)19-9-7-17-8-10-19/h4-6,11,17H,7-10H2,1-3H3. The molecule has 0 spiro atoms. The Kier molecular flexibility index (Phi) is 3.49. The molecule has 1 fully saturated rings. The van der Waals surface area contributed by atoms with Gasteiger partial charge in [0, 0.05) is 26.2 Å². The number of piperazine rings is 1. The van der Waals surface area contributed by atoms with Gasteiger partial charge in [0.05, 0.1) is 22.8 Å². The molecule has 0 atom stereocenters. The van der Waals surface area contributed by atoms with Crippen molar-refractivity contribution in [3.63, 3.8) is 0 Å². The highest BCUT2D eigenvalue weighted by molar-refractivity contribution is 5.57. The molecular weight excluding hydrogens is 248 g/mol. The average molecular weight is 270 g/mol. The molecule has 0 radical (unpaired) electrons. The van der Waals surface area contributed by atoms with Gasteiger partial charge in [0.1, 0.15) is 0 Å². The Labute approximate surface area is 120 Å². The molecule has 1 saturated heterocycles. The van der Waals surface area contributed by atoms with E-state index in [4.69, 9.17) is 5.10 Å². The van der Waals surface area contributed by atoms with Gasteiger partial charge in [0.2, 0.25) is 0 Å². The normalized spacial score (nSPS) is 15.7. The van der Waals surface area contributed by atoms with Gasteiger partial charge >= 0.3 is 0 Å². The van der Waals surface area contributed by atoms with Crippen molar-refractivity contribution in [2.24, 2.45) is 0 Å². The highest BCUT2D eigenvalue weighted by atomic mass is 15.3. The Hall–Kier alpha value is -1.81. The molecule has 0 saturated carbocycles. The summed E-state index contributed by atoms with van der Waals surface area (Å²) in [4.78, 5) is 2.44. The Balaban J connectivity index is 2.02. The van der Waals surface area contributed by atoms with Crippen molar-refractivity contribution in [1.82, 2.24) is 15.1 Å². The highest BCUT2D eigenvalue weighted by Gasteiger charge is 2.20. The second-order valence-electron chi connectivity index (χ2n) is 5.51. The average Bonchev–Trinajstić information content (AvgIpc) is 2.75. The van der Waals surface area contributed by atoms with E-state index in [2.05, 4.69) is 59.9 Å². The maximum atomic E-state index is 4.75. The summed E-state index contributed by atoms with van der Waals surface area (Å²) in [6, 6.07) is 8.51. The van der Waals surface area contributed by atoms with E-state index >= 15 is 0 Å². The van der Waals surface area contributed by atoms with Crippen LogP contribution >= 0.6 is 0 Å². The van der Waals surface area contributed by atoms with E-state index in [-0.39, 0.29) is 0 Å². The minimum absolute atomic E-state index is 1.05. The van der Waals surface area contributed by atoms with Crippen LogP contribution in [0.3, 0.4) is 0 Å². The lowest BCUT2D eigenvalue weighted by molar-refractivity contribution is 0.587.